The summed E-state index contributed by atoms with van der Waals surface area (Å²) >= 11 is 3.16. The molecule has 0 spiro atoms. The van der Waals surface area contributed by atoms with Gasteiger partial charge in [0.25, 0.3) is 5.91 Å². The van der Waals surface area contributed by atoms with Crippen LogP contribution in [0.5, 0.6) is 0 Å². The van der Waals surface area contributed by atoms with E-state index in [1.54, 1.807) is 11.3 Å². The number of hydrogen-bond donors (Lipinski definition) is 0. The molecule has 1 saturated carbocycles. The van der Waals surface area contributed by atoms with E-state index in [0.29, 0.717) is 0 Å². The molecule has 7 heteroatoms. The van der Waals surface area contributed by atoms with Crippen LogP contribution in [0.1, 0.15) is 35.4 Å². The average Bonchev–Trinajstić information content (AvgIpc) is 3.36. The SMILES string of the molecule is O=C(c1cc2c(nc3sccn32)s1)N1CCN(C2CCCC2)CC1. The van der Waals surface area contributed by atoms with Gasteiger partial charge in [-0.2, -0.15) is 0 Å². The molecule has 0 unspecified atom stereocenters. The standard InChI is InChI=1S/C17H20N4OS2/c22-16(20-7-5-19(6-8-20)12-3-1-2-4-12)14-11-13-15(24-14)18-17-21(13)9-10-23-17/h9-12H,1-8H2. The van der Waals surface area contributed by atoms with Crippen LogP contribution in [0.25, 0.3) is 15.3 Å². The normalized spacial score (nSPS) is 20.6. The molecule has 5 rings (SSSR count). The summed E-state index contributed by atoms with van der Waals surface area (Å²) in [6, 6.07) is 2.78. The maximum Gasteiger partial charge on any atom is 0.264 e. The second-order valence-corrected chi connectivity index (χ2v) is 8.64. The first-order valence-electron chi connectivity index (χ1n) is 8.68. The van der Waals surface area contributed by atoms with Crippen molar-refractivity contribution in [1.82, 2.24) is 19.2 Å². The number of amides is 1. The molecule has 1 amide bonds. The smallest absolute Gasteiger partial charge is 0.264 e. The number of hydrogen-bond acceptors (Lipinski definition) is 5. The quantitative estimate of drug-likeness (QED) is 0.704. The van der Waals surface area contributed by atoms with E-state index < -0.39 is 0 Å². The molecule has 24 heavy (non-hydrogen) atoms. The lowest BCUT2D eigenvalue weighted by Gasteiger charge is -2.37. The predicted octanol–water partition coefficient (Wildman–Crippen LogP) is 3.31. The minimum atomic E-state index is 0.174. The van der Waals surface area contributed by atoms with E-state index in [-0.39, 0.29) is 5.91 Å². The molecule has 0 aromatic carbocycles. The molecule has 1 aliphatic carbocycles. The lowest BCUT2D eigenvalue weighted by atomic mass is 10.2. The Morgan fingerprint density at radius 3 is 2.75 bits per heavy atom. The first-order chi connectivity index (χ1) is 11.8. The molecular formula is C17H20N4OS2. The summed E-state index contributed by atoms with van der Waals surface area (Å²) in [6.45, 7) is 3.75. The molecule has 4 heterocycles. The number of thiophene rings is 1. The van der Waals surface area contributed by atoms with Gasteiger partial charge in [0.1, 0.15) is 4.83 Å². The monoisotopic (exact) mass is 360 g/mol. The zero-order valence-corrected chi connectivity index (χ0v) is 15.1. The summed E-state index contributed by atoms with van der Waals surface area (Å²) in [5, 5.41) is 2.03. The molecule has 2 aliphatic rings. The zero-order chi connectivity index (χ0) is 16.1. The Bertz CT molecular complexity index is 881. The molecule has 3 aromatic heterocycles. The summed E-state index contributed by atoms with van der Waals surface area (Å²) < 4.78 is 2.07. The molecular weight excluding hydrogens is 340 g/mol. The first kappa shape index (κ1) is 14.9. The predicted molar refractivity (Wildman–Crippen MR) is 98.2 cm³/mol. The fourth-order valence-electron chi connectivity index (χ4n) is 4.07. The molecule has 2 fully saturated rings. The highest BCUT2D eigenvalue weighted by Crippen LogP contribution is 2.30. The van der Waals surface area contributed by atoms with Crippen LogP contribution >= 0.6 is 22.7 Å². The van der Waals surface area contributed by atoms with E-state index in [1.807, 2.05) is 22.5 Å². The van der Waals surface area contributed by atoms with Gasteiger partial charge in [-0.25, -0.2) is 4.98 Å². The number of aromatic nitrogens is 2. The number of carbonyl (C=O) groups is 1. The fourth-order valence-corrected chi connectivity index (χ4v) is 5.84. The van der Waals surface area contributed by atoms with Crippen LogP contribution in [0.15, 0.2) is 17.6 Å². The molecule has 1 saturated heterocycles. The Morgan fingerprint density at radius 1 is 1.17 bits per heavy atom. The van der Waals surface area contributed by atoms with Gasteiger partial charge in [-0.15, -0.1) is 22.7 Å². The van der Waals surface area contributed by atoms with Crippen LogP contribution < -0.4 is 0 Å². The van der Waals surface area contributed by atoms with Crippen molar-refractivity contribution >= 4 is 43.9 Å². The number of rotatable bonds is 2. The molecule has 0 N–H and O–H groups in total. The van der Waals surface area contributed by atoms with Gasteiger partial charge in [0, 0.05) is 43.8 Å². The minimum Gasteiger partial charge on any atom is -0.335 e. The third kappa shape index (κ3) is 2.37. The second kappa shape index (κ2) is 5.82. The molecule has 0 atom stereocenters. The van der Waals surface area contributed by atoms with E-state index in [0.717, 1.165) is 52.4 Å². The van der Waals surface area contributed by atoms with Gasteiger partial charge >= 0.3 is 0 Å². The number of piperazine rings is 1. The topological polar surface area (TPSA) is 40.9 Å². The Balaban J connectivity index is 1.32. The maximum atomic E-state index is 12.9. The van der Waals surface area contributed by atoms with Crippen molar-refractivity contribution in [3.05, 3.63) is 22.5 Å². The Labute approximate surface area is 148 Å². The lowest BCUT2D eigenvalue weighted by molar-refractivity contribution is 0.0578. The van der Waals surface area contributed by atoms with Crippen LogP contribution in [0.3, 0.4) is 0 Å². The largest absolute Gasteiger partial charge is 0.335 e. The number of fused-ring (bicyclic) bond motifs is 3. The molecule has 5 nitrogen and oxygen atoms in total. The van der Waals surface area contributed by atoms with E-state index in [9.17, 15) is 4.79 Å². The first-order valence-corrected chi connectivity index (χ1v) is 10.4. The van der Waals surface area contributed by atoms with Crippen LogP contribution in [0.2, 0.25) is 0 Å². The van der Waals surface area contributed by atoms with Crippen molar-refractivity contribution < 1.29 is 4.79 Å². The highest BCUT2D eigenvalue weighted by molar-refractivity contribution is 7.21. The van der Waals surface area contributed by atoms with Crippen LogP contribution in [0.4, 0.5) is 0 Å². The molecule has 126 valence electrons. The highest BCUT2D eigenvalue weighted by Gasteiger charge is 2.29. The van der Waals surface area contributed by atoms with Crippen molar-refractivity contribution in [1.29, 1.82) is 0 Å². The van der Waals surface area contributed by atoms with Crippen LogP contribution in [-0.2, 0) is 0 Å². The molecule has 1 aliphatic heterocycles. The van der Waals surface area contributed by atoms with Gasteiger partial charge < -0.3 is 4.90 Å². The second-order valence-electron chi connectivity index (χ2n) is 6.73. The fraction of sp³-hybridized carbons (Fsp3) is 0.529. The van der Waals surface area contributed by atoms with Gasteiger partial charge in [0.15, 0.2) is 4.96 Å². The third-order valence-electron chi connectivity index (χ3n) is 5.39. The summed E-state index contributed by atoms with van der Waals surface area (Å²) in [4.78, 5) is 24.9. The third-order valence-corrected chi connectivity index (χ3v) is 7.16. The van der Waals surface area contributed by atoms with Crippen molar-refractivity contribution in [2.45, 2.75) is 31.7 Å². The van der Waals surface area contributed by atoms with Crippen LogP contribution in [0, 0.1) is 0 Å². The van der Waals surface area contributed by atoms with Crippen molar-refractivity contribution in [2.24, 2.45) is 0 Å². The van der Waals surface area contributed by atoms with E-state index in [4.69, 9.17) is 0 Å². The zero-order valence-electron chi connectivity index (χ0n) is 13.5. The van der Waals surface area contributed by atoms with Gasteiger partial charge in [0.2, 0.25) is 0 Å². The Morgan fingerprint density at radius 2 is 1.96 bits per heavy atom. The summed E-state index contributed by atoms with van der Waals surface area (Å²) in [7, 11) is 0. The van der Waals surface area contributed by atoms with Crippen molar-refractivity contribution in [3.63, 3.8) is 0 Å². The Hall–Kier alpha value is -1.44. The molecule has 0 bridgehead atoms. The van der Waals surface area contributed by atoms with E-state index in [1.165, 1.54) is 37.0 Å². The average molecular weight is 361 g/mol. The lowest BCUT2D eigenvalue weighted by Crippen LogP contribution is -2.51. The number of imidazole rings is 1. The number of thiazole rings is 1. The molecule has 0 radical (unpaired) electrons. The Kier molecular flexibility index (Phi) is 3.61. The van der Waals surface area contributed by atoms with Gasteiger partial charge in [0.05, 0.1) is 10.4 Å². The van der Waals surface area contributed by atoms with E-state index >= 15 is 0 Å². The van der Waals surface area contributed by atoms with Gasteiger partial charge in [-0.1, -0.05) is 12.8 Å². The minimum absolute atomic E-state index is 0.174. The van der Waals surface area contributed by atoms with E-state index in [2.05, 4.69) is 14.3 Å². The van der Waals surface area contributed by atoms with Gasteiger partial charge in [-0.3, -0.25) is 14.1 Å². The summed E-state index contributed by atoms with van der Waals surface area (Å²) in [6.07, 6.45) is 7.45. The molecule has 3 aromatic rings. The van der Waals surface area contributed by atoms with Gasteiger partial charge in [-0.05, 0) is 18.9 Å². The highest BCUT2D eigenvalue weighted by atomic mass is 32.1. The summed E-state index contributed by atoms with van der Waals surface area (Å²) in [5.74, 6) is 0.174. The number of carbonyl (C=O) groups excluding carboxylic acids is 1. The number of nitrogens with zero attached hydrogens (tertiary/aromatic N) is 4. The summed E-state index contributed by atoms with van der Waals surface area (Å²) in [5.41, 5.74) is 1.06. The van der Waals surface area contributed by atoms with Crippen molar-refractivity contribution in [2.75, 3.05) is 26.2 Å². The van der Waals surface area contributed by atoms with Crippen molar-refractivity contribution in [3.8, 4) is 0 Å². The maximum absolute atomic E-state index is 12.9. The van der Waals surface area contributed by atoms with Crippen LogP contribution in [-0.4, -0.2) is 57.3 Å².